The molecule has 0 aromatic heterocycles. The van der Waals surface area contributed by atoms with Gasteiger partial charge in [-0.3, -0.25) is 4.79 Å². The van der Waals surface area contributed by atoms with E-state index in [4.69, 9.17) is 10.5 Å². The lowest BCUT2D eigenvalue weighted by atomic mass is 10.0. The zero-order valence-electron chi connectivity index (χ0n) is 11.2. The topological polar surface area (TPSA) is 52.3 Å². The molecule has 0 heterocycles. The third-order valence-electron chi connectivity index (χ3n) is 3.15. The number of Topliss-reactive ketones (excluding diaryl/α,β-unsaturated/α-hetero) is 1. The van der Waals surface area contributed by atoms with Gasteiger partial charge in [0.25, 0.3) is 0 Å². The molecule has 0 amide bonds. The van der Waals surface area contributed by atoms with Crippen LogP contribution in [0.1, 0.15) is 22.3 Å². The van der Waals surface area contributed by atoms with Crippen LogP contribution in [-0.2, 0) is 6.42 Å². The molecule has 2 aromatic carbocycles. The van der Waals surface area contributed by atoms with E-state index in [2.05, 4.69) is 0 Å². The van der Waals surface area contributed by atoms with Crippen LogP contribution in [0.15, 0.2) is 42.5 Å². The Hall–Kier alpha value is -2.36. The molecule has 0 aliphatic heterocycles. The van der Waals surface area contributed by atoms with E-state index < -0.39 is 5.82 Å². The van der Waals surface area contributed by atoms with Gasteiger partial charge in [-0.2, -0.15) is 0 Å². The first-order valence-corrected chi connectivity index (χ1v) is 6.32. The minimum absolute atomic E-state index is 0.0766. The quantitative estimate of drug-likeness (QED) is 0.672. The van der Waals surface area contributed by atoms with Crippen LogP contribution < -0.4 is 10.5 Å². The Bertz CT molecular complexity index is 608. The molecule has 4 heteroatoms. The lowest BCUT2D eigenvalue weighted by molar-refractivity contribution is 0.0983. The number of hydrogen-bond acceptors (Lipinski definition) is 3. The molecule has 3 nitrogen and oxygen atoms in total. The summed E-state index contributed by atoms with van der Waals surface area (Å²) in [6.07, 6.45) is 0.874. The Morgan fingerprint density at radius 2 is 1.90 bits per heavy atom. The van der Waals surface area contributed by atoms with Crippen molar-refractivity contribution in [2.75, 3.05) is 12.8 Å². The van der Waals surface area contributed by atoms with Gasteiger partial charge in [0.05, 0.1) is 12.8 Å². The molecule has 0 saturated heterocycles. The van der Waals surface area contributed by atoms with Crippen molar-refractivity contribution in [1.29, 1.82) is 0 Å². The number of methoxy groups -OCH3 is 1. The summed E-state index contributed by atoms with van der Waals surface area (Å²) in [6.45, 7) is 0. The Labute approximate surface area is 117 Å². The average molecular weight is 273 g/mol. The monoisotopic (exact) mass is 273 g/mol. The van der Waals surface area contributed by atoms with Gasteiger partial charge in [0.2, 0.25) is 0 Å². The van der Waals surface area contributed by atoms with Crippen LogP contribution in [0.2, 0.25) is 0 Å². The molecule has 0 fully saturated rings. The molecule has 2 N–H and O–H groups in total. The van der Waals surface area contributed by atoms with Crippen molar-refractivity contribution in [3.63, 3.8) is 0 Å². The van der Waals surface area contributed by atoms with Gasteiger partial charge in [-0.1, -0.05) is 18.2 Å². The van der Waals surface area contributed by atoms with Crippen LogP contribution >= 0.6 is 0 Å². The minimum atomic E-state index is -0.555. The fraction of sp³-hybridized carbons (Fsp3) is 0.188. The van der Waals surface area contributed by atoms with Crippen LogP contribution in [0.3, 0.4) is 0 Å². The molecule has 0 aliphatic rings. The van der Waals surface area contributed by atoms with Crippen LogP contribution in [0, 0.1) is 5.82 Å². The van der Waals surface area contributed by atoms with Gasteiger partial charge in [0.1, 0.15) is 11.6 Å². The van der Waals surface area contributed by atoms with Gasteiger partial charge in [-0.25, -0.2) is 4.39 Å². The Morgan fingerprint density at radius 1 is 1.20 bits per heavy atom. The van der Waals surface area contributed by atoms with Crippen LogP contribution in [-0.4, -0.2) is 12.9 Å². The molecule has 0 saturated carbocycles. The predicted octanol–water partition coefficient (Wildman–Crippen LogP) is 3.23. The number of ether oxygens (including phenoxy) is 1. The molecule has 20 heavy (non-hydrogen) atoms. The normalized spacial score (nSPS) is 10.3. The number of anilines is 1. The van der Waals surface area contributed by atoms with Crippen LogP contribution in [0.5, 0.6) is 5.75 Å². The summed E-state index contributed by atoms with van der Waals surface area (Å²) in [5, 5.41) is 0. The molecule has 104 valence electrons. The number of carbonyl (C=O) groups excluding carboxylic acids is 1. The molecule has 0 spiro atoms. The standard InChI is InChI=1S/C16H16FNO2/c1-20-12-8-5-11(6-9-12)7-10-15(19)13-3-2-4-14(17)16(13)18/h2-6,8-9H,7,10,18H2,1H3. The lowest BCUT2D eigenvalue weighted by Gasteiger charge is -2.06. The van der Waals surface area contributed by atoms with E-state index in [9.17, 15) is 9.18 Å². The highest BCUT2D eigenvalue weighted by Crippen LogP contribution is 2.19. The van der Waals surface area contributed by atoms with E-state index in [0.717, 1.165) is 11.3 Å². The largest absolute Gasteiger partial charge is 0.497 e. The number of para-hydroxylation sites is 1. The van der Waals surface area contributed by atoms with Gasteiger partial charge in [0, 0.05) is 12.0 Å². The molecular formula is C16H16FNO2. The number of carbonyl (C=O) groups is 1. The third kappa shape index (κ3) is 3.15. The highest BCUT2D eigenvalue weighted by Gasteiger charge is 2.12. The molecule has 0 unspecified atom stereocenters. The number of ketones is 1. The highest BCUT2D eigenvalue weighted by atomic mass is 19.1. The molecule has 2 rings (SSSR count). The second-order valence-electron chi connectivity index (χ2n) is 4.47. The van der Waals surface area contributed by atoms with Crippen LogP contribution in [0.25, 0.3) is 0 Å². The number of rotatable bonds is 5. The number of benzene rings is 2. The minimum Gasteiger partial charge on any atom is -0.497 e. The number of hydrogen-bond donors (Lipinski definition) is 1. The summed E-state index contributed by atoms with van der Waals surface area (Å²) in [6, 6.07) is 11.8. The zero-order valence-corrected chi connectivity index (χ0v) is 11.2. The van der Waals surface area contributed by atoms with Gasteiger partial charge in [-0.05, 0) is 36.2 Å². The first-order chi connectivity index (χ1) is 9.61. The first kappa shape index (κ1) is 14.1. The summed E-state index contributed by atoms with van der Waals surface area (Å²) < 4.78 is 18.4. The Kier molecular flexibility index (Phi) is 4.35. The van der Waals surface area contributed by atoms with Gasteiger partial charge < -0.3 is 10.5 Å². The second-order valence-corrected chi connectivity index (χ2v) is 4.47. The van der Waals surface area contributed by atoms with Crippen molar-refractivity contribution >= 4 is 11.5 Å². The summed E-state index contributed by atoms with van der Waals surface area (Å²) in [4.78, 5) is 12.0. The van der Waals surface area contributed by atoms with Crippen molar-refractivity contribution in [3.05, 3.63) is 59.4 Å². The highest BCUT2D eigenvalue weighted by molar-refractivity contribution is 6.00. The predicted molar refractivity (Wildman–Crippen MR) is 76.5 cm³/mol. The van der Waals surface area contributed by atoms with Crippen molar-refractivity contribution in [1.82, 2.24) is 0 Å². The van der Waals surface area contributed by atoms with E-state index in [-0.39, 0.29) is 17.0 Å². The van der Waals surface area contributed by atoms with Crippen molar-refractivity contribution in [2.24, 2.45) is 0 Å². The smallest absolute Gasteiger partial charge is 0.165 e. The van der Waals surface area contributed by atoms with Gasteiger partial charge >= 0.3 is 0 Å². The Balaban J connectivity index is 2.02. The summed E-state index contributed by atoms with van der Waals surface area (Å²) in [5.41, 5.74) is 6.77. The van der Waals surface area contributed by atoms with E-state index in [1.807, 2.05) is 24.3 Å². The fourth-order valence-electron chi connectivity index (χ4n) is 1.96. The fourth-order valence-corrected chi connectivity index (χ4v) is 1.96. The summed E-state index contributed by atoms with van der Waals surface area (Å²) in [7, 11) is 1.60. The zero-order chi connectivity index (χ0) is 14.5. The van der Waals surface area contributed by atoms with E-state index in [0.29, 0.717) is 12.8 Å². The number of nitrogen functional groups attached to an aromatic ring is 1. The molecular weight excluding hydrogens is 257 g/mol. The molecule has 2 aromatic rings. The molecule has 0 aliphatic carbocycles. The maximum Gasteiger partial charge on any atom is 0.165 e. The number of aryl methyl sites for hydroxylation is 1. The summed E-state index contributed by atoms with van der Waals surface area (Å²) in [5.74, 6) is 0.0626. The first-order valence-electron chi connectivity index (χ1n) is 6.32. The van der Waals surface area contributed by atoms with Crippen molar-refractivity contribution in [3.8, 4) is 5.75 Å². The third-order valence-corrected chi connectivity index (χ3v) is 3.15. The average Bonchev–Trinajstić information content (AvgIpc) is 2.48. The maximum atomic E-state index is 13.3. The lowest BCUT2D eigenvalue weighted by Crippen LogP contribution is -2.06. The molecule has 0 radical (unpaired) electrons. The maximum absolute atomic E-state index is 13.3. The van der Waals surface area contributed by atoms with Gasteiger partial charge in [-0.15, -0.1) is 0 Å². The van der Waals surface area contributed by atoms with Gasteiger partial charge in [0.15, 0.2) is 5.78 Å². The molecule has 0 atom stereocenters. The second kappa shape index (κ2) is 6.19. The van der Waals surface area contributed by atoms with E-state index in [1.165, 1.54) is 12.1 Å². The Morgan fingerprint density at radius 3 is 2.55 bits per heavy atom. The van der Waals surface area contributed by atoms with E-state index in [1.54, 1.807) is 13.2 Å². The van der Waals surface area contributed by atoms with Crippen molar-refractivity contribution < 1.29 is 13.9 Å². The number of nitrogens with two attached hydrogens (primary N) is 1. The van der Waals surface area contributed by atoms with Crippen LogP contribution in [0.4, 0.5) is 10.1 Å². The molecule has 0 bridgehead atoms. The van der Waals surface area contributed by atoms with Crippen molar-refractivity contribution in [2.45, 2.75) is 12.8 Å². The SMILES string of the molecule is COc1ccc(CCC(=O)c2cccc(F)c2N)cc1. The number of halogens is 1. The summed E-state index contributed by atoms with van der Waals surface area (Å²) >= 11 is 0. The van der Waals surface area contributed by atoms with E-state index >= 15 is 0 Å².